The van der Waals surface area contributed by atoms with E-state index in [9.17, 15) is 14.7 Å². The van der Waals surface area contributed by atoms with E-state index in [1.54, 1.807) is 12.1 Å². The van der Waals surface area contributed by atoms with Gasteiger partial charge in [-0.3, -0.25) is 19.5 Å². The summed E-state index contributed by atoms with van der Waals surface area (Å²) in [6.07, 6.45) is 1.47. The van der Waals surface area contributed by atoms with E-state index in [1.165, 1.54) is 19.4 Å². The zero-order valence-corrected chi connectivity index (χ0v) is 23.6. The molecule has 0 bridgehead atoms. The number of carboxylic acid groups (broad SMARTS) is 1. The molecular weight excluding hydrogens is 537 g/mol. The fourth-order valence-corrected chi connectivity index (χ4v) is 5.32. The van der Waals surface area contributed by atoms with Crippen molar-refractivity contribution in [3.05, 3.63) is 101 Å². The van der Waals surface area contributed by atoms with Crippen LogP contribution in [0.25, 0.3) is 22.3 Å². The monoisotopic (exact) mass is 569 g/mol. The normalized spacial score (nSPS) is 13.5. The first-order valence-corrected chi connectivity index (χ1v) is 13.6. The molecule has 1 aromatic heterocycles. The van der Waals surface area contributed by atoms with Crippen molar-refractivity contribution >= 4 is 17.6 Å². The van der Waals surface area contributed by atoms with Crippen molar-refractivity contribution in [3.8, 4) is 28.0 Å². The number of benzene rings is 3. The third-order valence-corrected chi connectivity index (χ3v) is 7.82. The number of nitrogens with zero attached hydrogens (tertiary/aromatic N) is 2. The van der Waals surface area contributed by atoms with Gasteiger partial charge in [0.2, 0.25) is 0 Å². The zero-order chi connectivity index (χ0) is 30.0. The van der Waals surface area contributed by atoms with Crippen molar-refractivity contribution in [2.45, 2.75) is 27.0 Å². The number of halogens is 1. The number of aliphatic hydroxyl groups is 1. The molecular formula is C33H32FN3O5. The Labute approximate surface area is 243 Å². The number of rotatable bonds is 9. The first-order chi connectivity index (χ1) is 20.2. The topological polar surface area (TPSA) is 112 Å². The number of carbonyl (C=O) groups is 2. The van der Waals surface area contributed by atoms with E-state index in [4.69, 9.17) is 9.84 Å². The number of carbonyl (C=O) groups excluding carboxylic acids is 1. The second-order valence-electron chi connectivity index (χ2n) is 10.5. The molecule has 3 aromatic carbocycles. The summed E-state index contributed by atoms with van der Waals surface area (Å²) in [5.41, 5.74) is 7.08. The maximum Gasteiger partial charge on any atom is 0.309 e. The molecule has 0 aliphatic carbocycles. The highest BCUT2D eigenvalue weighted by atomic mass is 19.1. The van der Waals surface area contributed by atoms with Gasteiger partial charge >= 0.3 is 5.97 Å². The fourth-order valence-electron chi connectivity index (χ4n) is 5.32. The lowest BCUT2D eigenvalue weighted by Crippen LogP contribution is -2.49. The number of hydrogen-bond acceptors (Lipinski definition) is 6. The van der Waals surface area contributed by atoms with Crippen molar-refractivity contribution in [2.24, 2.45) is 5.92 Å². The molecule has 2 heterocycles. The predicted octanol–water partition coefficient (Wildman–Crippen LogP) is 5.44. The number of aromatic nitrogens is 1. The van der Waals surface area contributed by atoms with Crippen LogP contribution in [-0.2, 0) is 17.9 Å². The Bertz CT molecular complexity index is 1650. The van der Waals surface area contributed by atoms with Crippen molar-refractivity contribution in [1.29, 1.82) is 0 Å². The molecule has 0 saturated carbocycles. The second-order valence-corrected chi connectivity index (χ2v) is 10.5. The average Bonchev–Trinajstić information content (AvgIpc) is 2.96. The first kappa shape index (κ1) is 28.9. The first-order valence-electron chi connectivity index (χ1n) is 13.6. The number of hydrogen-bond donors (Lipinski definition) is 3. The Morgan fingerprint density at radius 2 is 1.71 bits per heavy atom. The van der Waals surface area contributed by atoms with Gasteiger partial charge in [-0.05, 0) is 77.1 Å². The Morgan fingerprint density at radius 1 is 1.02 bits per heavy atom. The van der Waals surface area contributed by atoms with E-state index in [0.717, 1.165) is 27.8 Å². The molecule has 1 saturated heterocycles. The summed E-state index contributed by atoms with van der Waals surface area (Å²) in [6, 6.07) is 18.1. The highest BCUT2D eigenvalue weighted by Gasteiger charge is 2.33. The molecule has 8 nitrogen and oxygen atoms in total. The third-order valence-electron chi connectivity index (χ3n) is 7.82. The summed E-state index contributed by atoms with van der Waals surface area (Å²) in [7, 11) is 1.50. The minimum absolute atomic E-state index is 0.147. The summed E-state index contributed by atoms with van der Waals surface area (Å²) in [5, 5.41) is 21.3. The molecule has 1 aliphatic heterocycles. The van der Waals surface area contributed by atoms with Crippen LogP contribution in [0.1, 0.15) is 32.7 Å². The van der Waals surface area contributed by atoms with Crippen LogP contribution in [0.2, 0.25) is 0 Å². The Balaban J connectivity index is 1.43. The summed E-state index contributed by atoms with van der Waals surface area (Å²) >= 11 is 0. The molecule has 0 radical (unpaired) electrons. The van der Waals surface area contributed by atoms with Crippen LogP contribution in [0.5, 0.6) is 5.75 Å². The number of carboxylic acids is 1. The van der Waals surface area contributed by atoms with Crippen LogP contribution < -0.4 is 10.1 Å². The number of pyridine rings is 1. The maximum atomic E-state index is 15.5. The van der Waals surface area contributed by atoms with Crippen LogP contribution in [-0.4, -0.2) is 52.2 Å². The van der Waals surface area contributed by atoms with Gasteiger partial charge in [0.25, 0.3) is 5.91 Å². The standard InChI is InChI=1S/C33H32FN3O5/c1-19-24(22-12-28(34)27(31(13-22)42-3)17-37-15-23(16-37)33(40)41)6-4-7-25(19)26-8-5-9-29(20(26)2)36-32(39)30-11-10-21(18-38)14-35-30/h4-14,23,38H,15-18H2,1-3H3,(H,36,39)(H,40,41). The van der Waals surface area contributed by atoms with E-state index in [-0.39, 0.29) is 24.8 Å². The van der Waals surface area contributed by atoms with Gasteiger partial charge in [0, 0.05) is 37.1 Å². The van der Waals surface area contributed by atoms with E-state index in [1.807, 2.05) is 61.2 Å². The van der Waals surface area contributed by atoms with Crippen LogP contribution in [0, 0.1) is 25.6 Å². The van der Waals surface area contributed by atoms with E-state index in [0.29, 0.717) is 41.2 Å². The Hall–Kier alpha value is -4.60. The van der Waals surface area contributed by atoms with Crippen LogP contribution in [0.3, 0.4) is 0 Å². The number of aliphatic carboxylic acids is 1. The number of likely N-dealkylation sites (tertiary alicyclic amines) is 1. The van der Waals surface area contributed by atoms with Gasteiger partial charge in [-0.25, -0.2) is 4.39 Å². The van der Waals surface area contributed by atoms with Crippen molar-refractivity contribution in [2.75, 3.05) is 25.5 Å². The van der Waals surface area contributed by atoms with Crippen molar-refractivity contribution in [1.82, 2.24) is 9.88 Å². The van der Waals surface area contributed by atoms with Crippen LogP contribution in [0.15, 0.2) is 66.9 Å². The molecule has 0 spiro atoms. The lowest BCUT2D eigenvalue weighted by Gasteiger charge is -2.36. The molecule has 5 rings (SSSR count). The minimum Gasteiger partial charge on any atom is -0.496 e. The number of ether oxygens (including phenoxy) is 1. The van der Waals surface area contributed by atoms with Gasteiger partial charge < -0.3 is 20.3 Å². The van der Waals surface area contributed by atoms with Gasteiger partial charge in [0.1, 0.15) is 17.3 Å². The molecule has 4 aromatic rings. The zero-order valence-electron chi connectivity index (χ0n) is 23.6. The van der Waals surface area contributed by atoms with Gasteiger partial charge in [0.05, 0.1) is 19.6 Å². The third kappa shape index (κ3) is 5.74. The van der Waals surface area contributed by atoms with Crippen molar-refractivity contribution < 1.29 is 28.9 Å². The van der Waals surface area contributed by atoms with Gasteiger partial charge in [-0.15, -0.1) is 0 Å². The predicted molar refractivity (Wildman–Crippen MR) is 158 cm³/mol. The summed E-state index contributed by atoms with van der Waals surface area (Å²) in [6.45, 7) is 4.80. The molecule has 9 heteroatoms. The lowest BCUT2D eigenvalue weighted by molar-refractivity contribution is -0.147. The van der Waals surface area contributed by atoms with Crippen molar-refractivity contribution in [3.63, 3.8) is 0 Å². The van der Waals surface area contributed by atoms with E-state index < -0.39 is 17.7 Å². The molecule has 42 heavy (non-hydrogen) atoms. The lowest BCUT2D eigenvalue weighted by atomic mass is 9.90. The second kappa shape index (κ2) is 12.1. The SMILES string of the molecule is COc1cc(-c2cccc(-c3cccc(NC(=O)c4ccc(CO)cn4)c3C)c2C)cc(F)c1CN1CC(C(=O)O)C1. The quantitative estimate of drug-likeness (QED) is 0.246. The highest BCUT2D eigenvalue weighted by Crippen LogP contribution is 2.38. The molecule has 216 valence electrons. The highest BCUT2D eigenvalue weighted by molar-refractivity contribution is 6.03. The molecule has 0 atom stereocenters. The minimum atomic E-state index is -0.835. The number of nitrogens with one attached hydrogen (secondary N) is 1. The van der Waals surface area contributed by atoms with Gasteiger partial charge in [0.15, 0.2) is 0 Å². The molecule has 1 amide bonds. The average molecular weight is 570 g/mol. The van der Waals surface area contributed by atoms with Gasteiger partial charge in [-0.1, -0.05) is 36.4 Å². The Morgan fingerprint density at radius 3 is 2.36 bits per heavy atom. The summed E-state index contributed by atoms with van der Waals surface area (Å²) in [5.74, 6) is -1.61. The molecule has 1 fully saturated rings. The summed E-state index contributed by atoms with van der Waals surface area (Å²) in [4.78, 5) is 30.0. The molecule has 3 N–H and O–H groups in total. The fraction of sp³-hybridized carbons (Fsp3) is 0.242. The number of aliphatic hydroxyl groups excluding tert-OH is 1. The van der Waals surface area contributed by atoms with E-state index in [2.05, 4.69) is 10.3 Å². The van der Waals surface area contributed by atoms with Crippen LogP contribution in [0.4, 0.5) is 10.1 Å². The molecule has 1 aliphatic rings. The summed E-state index contributed by atoms with van der Waals surface area (Å²) < 4.78 is 21.0. The van der Waals surface area contributed by atoms with Gasteiger partial charge in [-0.2, -0.15) is 0 Å². The Kier molecular flexibility index (Phi) is 8.33. The number of methoxy groups -OCH3 is 1. The number of amides is 1. The van der Waals surface area contributed by atoms with E-state index >= 15 is 4.39 Å². The van der Waals surface area contributed by atoms with Crippen LogP contribution >= 0.6 is 0 Å². The molecule has 0 unspecified atom stereocenters. The maximum absolute atomic E-state index is 15.5. The largest absolute Gasteiger partial charge is 0.496 e. The smallest absolute Gasteiger partial charge is 0.309 e. The number of anilines is 1.